The van der Waals surface area contributed by atoms with Crippen molar-refractivity contribution >= 4 is 11.8 Å². The first-order chi connectivity index (χ1) is 13.6. The van der Waals surface area contributed by atoms with Crippen molar-refractivity contribution in [1.29, 1.82) is 0 Å². The normalized spacial score (nSPS) is 21.0. The lowest BCUT2D eigenvalue weighted by atomic mass is 9.97. The van der Waals surface area contributed by atoms with Gasteiger partial charge in [-0.25, -0.2) is 0 Å². The van der Waals surface area contributed by atoms with Gasteiger partial charge >= 0.3 is 0 Å². The number of benzene rings is 1. The smallest absolute Gasteiger partial charge is 0.224 e. The maximum atomic E-state index is 13.0. The number of hydrogen-bond acceptors (Lipinski definition) is 3. The molecule has 5 nitrogen and oxygen atoms in total. The SMILES string of the molecule is CN1CCC[C@H](CN(CCc2ccccc2)C(=O)CCN2CCCCC2=O)C1. The lowest BCUT2D eigenvalue weighted by Gasteiger charge is -2.34. The molecule has 2 amide bonds. The maximum Gasteiger partial charge on any atom is 0.224 e. The third-order valence-corrected chi connectivity index (χ3v) is 6.08. The van der Waals surface area contributed by atoms with Gasteiger partial charge in [-0.1, -0.05) is 30.3 Å². The molecule has 2 aliphatic heterocycles. The first-order valence-corrected chi connectivity index (χ1v) is 10.9. The van der Waals surface area contributed by atoms with Crippen molar-refractivity contribution in [3.8, 4) is 0 Å². The lowest BCUT2D eigenvalue weighted by molar-refractivity contribution is -0.136. The molecule has 0 saturated carbocycles. The third-order valence-electron chi connectivity index (χ3n) is 6.08. The molecular formula is C23H35N3O2. The van der Waals surface area contributed by atoms with E-state index in [0.29, 0.717) is 25.3 Å². The number of nitrogens with zero attached hydrogens (tertiary/aromatic N) is 3. The molecule has 2 aliphatic rings. The van der Waals surface area contributed by atoms with Gasteiger partial charge < -0.3 is 14.7 Å². The fourth-order valence-electron chi connectivity index (χ4n) is 4.45. The molecule has 0 bridgehead atoms. The van der Waals surface area contributed by atoms with Crippen molar-refractivity contribution in [1.82, 2.24) is 14.7 Å². The van der Waals surface area contributed by atoms with Gasteiger partial charge in [0.2, 0.25) is 11.8 Å². The summed E-state index contributed by atoms with van der Waals surface area (Å²) in [7, 11) is 2.17. The van der Waals surface area contributed by atoms with Crippen LogP contribution in [0.1, 0.15) is 44.1 Å². The van der Waals surface area contributed by atoms with Crippen LogP contribution in [0.25, 0.3) is 0 Å². The average Bonchev–Trinajstić information content (AvgIpc) is 2.71. The minimum atomic E-state index is 0.197. The Morgan fingerprint density at radius 2 is 1.96 bits per heavy atom. The van der Waals surface area contributed by atoms with Gasteiger partial charge in [-0.2, -0.15) is 0 Å². The predicted octanol–water partition coefficient (Wildman–Crippen LogP) is 2.80. The second-order valence-corrected chi connectivity index (χ2v) is 8.43. The summed E-state index contributed by atoms with van der Waals surface area (Å²) < 4.78 is 0. The van der Waals surface area contributed by atoms with Gasteiger partial charge in [0.25, 0.3) is 0 Å². The highest BCUT2D eigenvalue weighted by Gasteiger charge is 2.24. The number of hydrogen-bond donors (Lipinski definition) is 0. The summed E-state index contributed by atoms with van der Waals surface area (Å²) in [6.45, 7) is 5.21. The van der Waals surface area contributed by atoms with Crippen LogP contribution in [0.4, 0.5) is 0 Å². The standard InChI is InChI=1S/C23H35N3O2/c1-24-14-7-10-21(18-24)19-26(16-12-20-8-3-2-4-9-20)23(28)13-17-25-15-6-5-11-22(25)27/h2-4,8-9,21H,5-7,10-19H2,1H3/t21-/m0/s1. The van der Waals surface area contributed by atoms with Crippen LogP contribution in [0.2, 0.25) is 0 Å². The Hall–Kier alpha value is -1.88. The van der Waals surface area contributed by atoms with E-state index >= 15 is 0 Å². The third kappa shape index (κ3) is 6.33. The molecular weight excluding hydrogens is 350 g/mol. The Morgan fingerprint density at radius 3 is 2.71 bits per heavy atom. The minimum Gasteiger partial charge on any atom is -0.342 e. The van der Waals surface area contributed by atoms with Crippen molar-refractivity contribution in [3.63, 3.8) is 0 Å². The Morgan fingerprint density at radius 1 is 1.14 bits per heavy atom. The molecule has 2 heterocycles. The summed E-state index contributed by atoms with van der Waals surface area (Å²) in [5.41, 5.74) is 1.27. The molecule has 0 aliphatic carbocycles. The Bertz CT molecular complexity index is 634. The van der Waals surface area contributed by atoms with Gasteiger partial charge in [0.15, 0.2) is 0 Å². The summed E-state index contributed by atoms with van der Waals surface area (Å²) in [4.78, 5) is 31.4. The van der Waals surface area contributed by atoms with E-state index in [2.05, 4.69) is 41.1 Å². The van der Waals surface area contributed by atoms with Crippen LogP contribution in [-0.4, -0.2) is 72.8 Å². The molecule has 1 atom stereocenters. The van der Waals surface area contributed by atoms with Crippen molar-refractivity contribution in [2.24, 2.45) is 5.92 Å². The van der Waals surface area contributed by atoms with Gasteiger partial charge in [0, 0.05) is 45.6 Å². The number of likely N-dealkylation sites (tertiary alicyclic amines) is 2. The highest BCUT2D eigenvalue weighted by atomic mass is 16.2. The highest BCUT2D eigenvalue weighted by molar-refractivity contribution is 5.79. The van der Waals surface area contributed by atoms with Crippen LogP contribution in [0.3, 0.4) is 0 Å². The first-order valence-electron chi connectivity index (χ1n) is 10.9. The van der Waals surface area contributed by atoms with Crippen LogP contribution in [-0.2, 0) is 16.0 Å². The topological polar surface area (TPSA) is 43.9 Å². The van der Waals surface area contributed by atoms with E-state index in [1.807, 2.05) is 11.0 Å². The minimum absolute atomic E-state index is 0.197. The maximum absolute atomic E-state index is 13.0. The van der Waals surface area contributed by atoms with Gasteiger partial charge in [0.1, 0.15) is 0 Å². The Kier molecular flexibility index (Phi) is 7.90. The highest BCUT2D eigenvalue weighted by Crippen LogP contribution is 2.18. The number of carbonyl (C=O) groups excluding carboxylic acids is 2. The summed E-state index contributed by atoms with van der Waals surface area (Å²) in [5.74, 6) is 0.960. The molecule has 1 aromatic carbocycles. The Labute approximate surface area is 169 Å². The van der Waals surface area contributed by atoms with E-state index in [4.69, 9.17) is 0 Å². The molecule has 28 heavy (non-hydrogen) atoms. The molecule has 0 radical (unpaired) electrons. The van der Waals surface area contributed by atoms with Gasteiger partial charge in [0.05, 0.1) is 0 Å². The van der Waals surface area contributed by atoms with Crippen molar-refractivity contribution < 1.29 is 9.59 Å². The van der Waals surface area contributed by atoms with Gasteiger partial charge in [-0.15, -0.1) is 0 Å². The van der Waals surface area contributed by atoms with Gasteiger partial charge in [-0.3, -0.25) is 9.59 Å². The van der Waals surface area contributed by atoms with E-state index in [0.717, 1.165) is 52.0 Å². The molecule has 0 spiro atoms. The molecule has 5 heteroatoms. The zero-order valence-corrected chi connectivity index (χ0v) is 17.3. The summed E-state index contributed by atoms with van der Waals surface area (Å²) in [5, 5.41) is 0. The monoisotopic (exact) mass is 385 g/mol. The van der Waals surface area contributed by atoms with Crippen LogP contribution in [0.15, 0.2) is 30.3 Å². The molecule has 3 rings (SSSR count). The van der Waals surface area contributed by atoms with Crippen LogP contribution in [0.5, 0.6) is 0 Å². The van der Waals surface area contributed by atoms with Gasteiger partial charge in [-0.05, 0) is 57.2 Å². The zero-order chi connectivity index (χ0) is 19.8. The molecule has 2 saturated heterocycles. The fraction of sp³-hybridized carbons (Fsp3) is 0.652. The van der Waals surface area contributed by atoms with E-state index < -0.39 is 0 Å². The van der Waals surface area contributed by atoms with E-state index in [-0.39, 0.29) is 11.8 Å². The number of rotatable bonds is 8. The average molecular weight is 386 g/mol. The summed E-state index contributed by atoms with van der Waals surface area (Å²) in [6.07, 6.45) is 6.43. The fourth-order valence-corrected chi connectivity index (χ4v) is 4.45. The molecule has 0 aromatic heterocycles. The second kappa shape index (κ2) is 10.6. The first kappa shape index (κ1) is 20.8. The van der Waals surface area contributed by atoms with Crippen LogP contribution in [0, 0.1) is 5.92 Å². The largest absolute Gasteiger partial charge is 0.342 e. The molecule has 0 unspecified atom stereocenters. The lowest BCUT2D eigenvalue weighted by Crippen LogP contribution is -2.44. The summed E-state index contributed by atoms with van der Waals surface area (Å²) >= 11 is 0. The predicted molar refractivity (Wildman–Crippen MR) is 112 cm³/mol. The van der Waals surface area contributed by atoms with Crippen LogP contribution >= 0.6 is 0 Å². The molecule has 0 N–H and O–H groups in total. The van der Waals surface area contributed by atoms with E-state index in [1.165, 1.54) is 18.4 Å². The summed E-state index contributed by atoms with van der Waals surface area (Å²) in [6, 6.07) is 10.4. The van der Waals surface area contributed by atoms with E-state index in [1.54, 1.807) is 0 Å². The zero-order valence-electron chi connectivity index (χ0n) is 17.3. The number of amides is 2. The molecule has 154 valence electrons. The molecule has 2 fully saturated rings. The quantitative estimate of drug-likeness (QED) is 0.691. The van der Waals surface area contributed by atoms with Crippen molar-refractivity contribution in [2.75, 3.05) is 46.3 Å². The molecule has 1 aromatic rings. The number of piperidine rings is 2. The van der Waals surface area contributed by atoms with E-state index in [9.17, 15) is 9.59 Å². The van der Waals surface area contributed by atoms with Crippen molar-refractivity contribution in [3.05, 3.63) is 35.9 Å². The second-order valence-electron chi connectivity index (χ2n) is 8.43. The number of carbonyl (C=O) groups is 2. The Balaban J connectivity index is 1.56. The van der Waals surface area contributed by atoms with Crippen molar-refractivity contribution in [2.45, 2.75) is 44.9 Å². The van der Waals surface area contributed by atoms with Crippen LogP contribution < -0.4 is 0 Å².